The average Bonchev–Trinajstić information content (AvgIpc) is 2.55. The Morgan fingerprint density at radius 1 is 0.750 bits per heavy atom. The molecule has 0 N–H and O–H groups in total. The molecule has 2 aromatic carbocycles. The molecule has 96 valence electrons. The summed E-state index contributed by atoms with van der Waals surface area (Å²) in [6, 6.07) is 24.2. The summed E-state index contributed by atoms with van der Waals surface area (Å²) in [6.07, 6.45) is 3.56. The molecule has 1 aromatic heterocycles. The lowest BCUT2D eigenvalue weighted by atomic mass is 10.0. The van der Waals surface area contributed by atoms with Gasteiger partial charge in [-0.1, -0.05) is 54.6 Å². The highest BCUT2D eigenvalue weighted by Gasteiger charge is 2.02. The Morgan fingerprint density at radius 2 is 1.50 bits per heavy atom. The van der Waals surface area contributed by atoms with Crippen molar-refractivity contribution in [2.45, 2.75) is 0 Å². The van der Waals surface area contributed by atoms with Crippen LogP contribution in [-0.2, 0) is 0 Å². The first-order valence-corrected chi connectivity index (χ1v) is 6.53. The highest BCUT2D eigenvalue weighted by atomic mass is 14.8. The quantitative estimate of drug-likeness (QED) is 0.635. The van der Waals surface area contributed by atoms with E-state index in [2.05, 4.69) is 28.2 Å². The molecule has 1 heterocycles. The summed E-state index contributed by atoms with van der Waals surface area (Å²) in [5, 5.41) is 0. The minimum Gasteiger partial charge on any atom is -0.255 e. The Morgan fingerprint density at radius 3 is 2.30 bits per heavy atom. The normalized spacial score (nSPS) is 10.8. The third-order valence-electron chi connectivity index (χ3n) is 3.01. The molecule has 2 heteroatoms. The van der Waals surface area contributed by atoms with E-state index in [4.69, 9.17) is 0 Å². The van der Waals surface area contributed by atoms with Crippen molar-refractivity contribution < 1.29 is 0 Å². The number of rotatable bonds is 3. The monoisotopic (exact) mass is 258 g/mol. The van der Waals surface area contributed by atoms with E-state index in [-0.39, 0.29) is 0 Å². The van der Waals surface area contributed by atoms with Gasteiger partial charge in [-0.15, -0.1) is 0 Å². The number of hydrogen-bond acceptors (Lipinski definition) is 2. The van der Waals surface area contributed by atoms with Crippen LogP contribution in [0.15, 0.2) is 84.0 Å². The van der Waals surface area contributed by atoms with E-state index < -0.39 is 0 Å². The third-order valence-corrected chi connectivity index (χ3v) is 3.01. The van der Waals surface area contributed by atoms with Crippen molar-refractivity contribution in [3.05, 3.63) is 84.7 Å². The first-order chi connectivity index (χ1) is 9.93. The summed E-state index contributed by atoms with van der Waals surface area (Å²) in [7, 11) is 0. The van der Waals surface area contributed by atoms with Gasteiger partial charge in [0.05, 0.1) is 17.6 Å². The predicted molar refractivity (Wildman–Crippen MR) is 83.4 cm³/mol. The van der Waals surface area contributed by atoms with Crippen LogP contribution in [0.25, 0.3) is 11.1 Å². The number of para-hydroxylation sites is 1. The van der Waals surface area contributed by atoms with Gasteiger partial charge in [-0.3, -0.25) is 9.98 Å². The van der Waals surface area contributed by atoms with E-state index in [1.54, 1.807) is 12.4 Å². The number of aromatic nitrogens is 1. The Bertz CT molecular complexity index is 704. The number of nitrogens with zero attached hydrogens (tertiary/aromatic N) is 2. The third kappa shape index (κ3) is 2.81. The van der Waals surface area contributed by atoms with Gasteiger partial charge in [0.15, 0.2) is 0 Å². The molecular formula is C18H14N2. The van der Waals surface area contributed by atoms with Crippen LogP contribution in [-0.4, -0.2) is 11.2 Å². The van der Waals surface area contributed by atoms with Crippen LogP contribution >= 0.6 is 0 Å². The van der Waals surface area contributed by atoms with E-state index in [1.807, 2.05) is 54.6 Å². The Labute approximate surface area is 118 Å². The Kier molecular flexibility index (Phi) is 3.65. The molecule has 0 aliphatic carbocycles. The lowest BCUT2D eigenvalue weighted by Crippen LogP contribution is -1.85. The van der Waals surface area contributed by atoms with Crippen molar-refractivity contribution >= 4 is 11.9 Å². The van der Waals surface area contributed by atoms with Gasteiger partial charge in [0.25, 0.3) is 0 Å². The Balaban J connectivity index is 1.97. The molecule has 0 fully saturated rings. The van der Waals surface area contributed by atoms with Crippen molar-refractivity contribution in [1.29, 1.82) is 0 Å². The maximum Gasteiger partial charge on any atom is 0.0812 e. The summed E-state index contributed by atoms with van der Waals surface area (Å²) in [5.41, 5.74) is 4.10. The summed E-state index contributed by atoms with van der Waals surface area (Å²) in [6.45, 7) is 0. The molecule has 0 bridgehead atoms. The van der Waals surface area contributed by atoms with E-state index in [0.717, 1.165) is 16.9 Å². The summed E-state index contributed by atoms with van der Waals surface area (Å²) in [5.74, 6) is 0. The van der Waals surface area contributed by atoms with E-state index in [9.17, 15) is 0 Å². The highest BCUT2D eigenvalue weighted by molar-refractivity contribution is 5.84. The average molecular weight is 258 g/mol. The molecule has 0 aliphatic rings. The number of aliphatic imine (C=N–C) groups is 1. The standard InChI is InChI=1S/C18H14N2/c1-2-8-15(9-3-1)17-11-4-5-12-18(17)20-14-16-10-6-7-13-19-16/h1-14H. The zero-order valence-corrected chi connectivity index (χ0v) is 11.0. The SMILES string of the molecule is C(=Nc1ccccc1-c1ccccc1)c1ccccn1. The van der Waals surface area contributed by atoms with Gasteiger partial charge < -0.3 is 0 Å². The fourth-order valence-electron chi connectivity index (χ4n) is 2.04. The number of hydrogen-bond donors (Lipinski definition) is 0. The van der Waals surface area contributed by atoms with Gasteiger partial charge >= 0.3 is 0 Å². The molecule has 0 amide bonds. The fourth-order valence-corrected chi connectivity index (χ4v) is 2.04. The zero-order valence-electron chi connectivity index (χ0n) is 11.0. The fraction of sp³-hybridized carbons (Fsp3) is 0. The van der Waals surface area contributed by atoms with Crippen molar-refractivity contribution in [2.24, 2.45) is 4.99 Å². The van der Waals surface area contributed by atoms with Crippen LogP contribution in [0, 0.1) is 0 Å². The molecule has 3 aromatic rings. The summed E-state index contributed by atoms with van der Waals surface area (Å²) >= 11 is 0. The highest BCUT2D eigenvalue weighted by Crippen LogP contribution is 2.29. The van der Waals surface area contributed by atoms with Crippen molar-refractivity contribution in [2.75, 3.05) is 0 Å². The molecule has 0 radical (unpaired) electrons. The van der Waals surface area contributed by atoms with Gasteiger partial charge in [-0.25, -0.2) is 0 Å². The molecule has 20 heavy (non-hydrogen) atoms. The van der Waals surface area contributed by atoms with Gasteiger partial charge in [0.2, 0.25) is 0 Å². The largest absolute Gasteiger partial charge is 0.255 e. The van der Waals surface area contributed by atoms with Crippen LogP contribution in [0.1, 0.15) is 5.69 Å². The molecule has 0 unspecified atom stereocenters. The first kappa shape index (κ1) is 12.3. The lowest BCUT2D eigenvalue weighted by molar-refractivity contribution is 1.30. The van der Waals surface area contributed by atoms with Gasteiger partial charge in [-0.05, 0) is 23.8 Å². The smallest absolute Gasteiger partial charge is 0.0812 e. The van der Waals surface area contributed by atoms with Crippen LogP contribution in [0.2, 0.25) is 0 Å². The first-order valence-electron chi connectivity index (χ1n) is 6.53. The van der Waals surface area contributed by atoms with Gasteiger partial charge in [0, 0.05) is 11.8 Å². The van der Waals surface area contributed by atoms with Gasteiger partial charge in [0.1, 0.15) is 0 Å². The van der Waals surface area contributed by atoms with E-state index in [1.165, 1.54) is 5.56 Å². The second kappa shape index (κ2) is 5.93. The van der Waals surface area contributed by atoms with Crippen molar-refractivity contribution in [3.8, 4) is 11.1 Å². The van der Waals surface area contributed by atoms with Crippen molar-refractivity contribution in [3.63, 3.8) is 0 Å². The maximum absolute atomic E-state index is 4.57. The molecule has 0 spiro atoms. The maximum atomic E-state index is 4.57. The van der Waals surface area contributed by atoms with Crippen LogP contribution in [0.4, 0.5) is 5.69 Å². The lowest BCUT2D eigenvalue weighted by Gasteiger charge is -2.05. The van der Waals surface area contributed by atoms with Gasteiger partial charge in [-0.2, -0.15) is 0 Å². The molecule has 0 saturated heterocycles. The second-order valence-electron chi connectivity index (χ2n) is 4.40. The molecule has 0 atom stereocenters. The number of pyridine rings is 1. The molecule has 0 saturated carbocycles. The minimum absolute atomic E-state index is 0.857. The second-order valence-corrected chi connectivity index (χ2v) is 4.40. The van der Waals surface area contributed by atoms with Crippen LogP contribution < -0.4 is 0 Å². The van der Waals surface area contributed by atoms with E-state index in [0.29, 0.717) is 0 Å². The van der Waals surface area contributed by atoms with Crippen LogP contribution in [0.5, 0.6) is 0 Å². The minimum atomic E-state index is 0.857. The summed E-state index contributed by atoms with van der Waals surface area (Å²) < 4.78 is 0. The zero-order chi connectivity index (χ0) is 13.6. The molecular weight excluding hydrogens is 244 g/mol. The topological polar surface area (TPSA) is 25.2 Å². The Hall–Kier alpha value is -2.74. The van der Waals surface area contributed by atoms with Crippen LogP contribution in [0.3, 0.4) is 0 Å². The molecule has 2 nitrogen and oxygen atoms in total. The molecule has 3 rings (SSSR count). The van der Waals surface area contributed by atoms with Crippen molar-refractivity contribution in [1.82, 2.24) is 4.98 Å². The summed E-state index contributed by atoms with van der Waals surface area (Å²) in [4.78, 5) is 8.81. The number of benzene rings is 2. The predicted octanol–water partition coefficient (Wildman–Crippen LogP) is 4.50. The molecule has 0 aliphatic heterocycles. The van der Waals surface area contributed by atoms with E-state index >= 15 is 0 Å².